The van der Waals surface area contributed by atoms with Crippen LogP contribution in [0.4, 0.5) is 0 Å². The normalized spacial score (nSPS) is 24.1. The van der Waals surface area contributed by atoms with Gasteiger partial charge in [0, 0.05) is 37.6 Å². The molecule has 0 aromatic heterocycles. The van der Waals surface area contributed by atoms with Crippen LogP contribution >= 0.6 is 24.8 Å². The second-order valence-corrected chi connectivity index (χ2v) is 7.74. The van der Waals surface area contributed by atoms with Gasteiger partial charge in [0.2, 0.25) is 0 Å². The average molecular weight is 408 g/mol. The van der Waals surface area contributed by atoms with Gasteiger partial charge in [-0.2, -0.15) is 0 Å². The maximum absolute atomic E-state index is 5.97. The quantitative estimate of drug-likeness (QED) is 0.760. The molecule has 5 heteroatoms. The Kier molecular flexibility index (Phi) is 8.14. The number of rotatable bonds is 6. The molecule has 1 unspecified atom stereocenters. The average Bonchev–Trinajstić information content (AvgIpc) is 3.27. The van der Waals surface area contributed by atoms with Gasteiger partial charge in [-0.25, -0.2) is 0 Å². The van der Waals surface area contributed by atoms with Crippen LogP contribution in [0.1, 0.15) is 29.9 Å². The lowest BCUT2D eigenvalue weighted by molar-refractivity contribution is 0.331. The van der Waals surface area contributed by atoms with Crippen molar-refractivity contribution in [3.63, 3.8) is 0 Å². The zero-order valence-corrected chi connectivity index (χ0v) is 17.6. The minimum Gasteiger partial charge on any atom is -0.326 e. The molecule has 3 atom stereocenters. The number of nitrogens with zero attached hydrogens (tertiary/aromatic N) is 1. The van der Waals surface area contributed by atoms with Crippen molar-refractivity contribution in [3.05, 3.63) is 59.7 Å². The first-order valence-electron chi connectivity index (χ1n) is 9.57. The molecule has 0 spiro atoms. The van der Waals surface area contributed by atoms with Crippen molar-refractivity contribution in [1.29, 1.82) is 0 Å². The first kappa shape index (κ1) is 22.2. The maximum atomic E-state index is 5.97. The molecule has 1 heterocycles. The fraction of sp³-hybridized carbons (Fsp3) is 0.455. The van der Waals surface area contributed by atoms with Crippen LogP contribution in [0, 0.1) is 6.92 Å². The molecule has 0 radical (unpaired) electrons. The third kappa shape index (κ3) is 5.69. The Labute approximate surface area is 175 Å². The highest BCUT2D eigenvalue weighted by atomic mass is 35.5. The molecular weight excluding hydrogens is 377 g/mol. The van der Waals surface area contributed by atoms with Crippen LogP contribution in [-0.2, 0) is 0 Å². The molecule has 3 nitrogen and oxygen atoms in total. The van der Waals surface area contributed by atoms with Gasteiger partial charge in [-0.3, -0.25) is 0 Å². The van der Waals surface area contributed by atoms with Gasteiger partial charge in [0.05, 0.1) is 0 Å². The molecule has 2 aliphatic rings. The number of nitrogens with two attached hydrogens (primary N) is 1. The van der Waals surface area contributed by atoms with Crippen molar-refractivity contribution in [2.24, 2.45) is 5.73 Å². The maximum Gasteiger partial charge on any atom is 0.0180 e. The van der Waals surface area contributed by atoms with Gasteiger partial charge in [0.15, 0.2) is 0 Å². The zero-order valence-electron chi connectivity index (χ0n) is 15.9. The van der Waals surface area contributed by atoms with Gasteiger partial charge in [-0.1, -0.05) is 54.1 Å². The summed E-state index contributed by atoms with van der Waals surface area (Å²) in [6.07, 6.45) is 2.42. The molecule has 4 rings (SSSR count). The Morgan fingerprint density at radius 2 is 1.85 bits per heavy atom. The molecule has 1 saturated carbocycles. The number of aryl methyl sites for hydroxylation is 1. The lowest BCUT2D eigenvalue weighted by Gasteiger charge is -2.15. The SMILES string of the molecule is Cc1cccc(-c2ccc(C3C[C@@H]3NCCN3CC[C@@H](N)C3)cc2)c1.Cl.Cl. The van der Waals surface area contributed by atoms with Crippen LogP contribution in [0.3, 0.4) is 0 Å². The lowest BCUT2D eigenvalue weighted by atomic mass is 10.0. The highest BCUT2D eigenvalue weighted by molar-refractivity contribution is 5.85. The Morgan fingerprint density at radius 3 is 2.52 bits per heavy atom. The van der Waals surface area contributed by atoms with E-state index in [9.17, 15) is 0 Å². The molecule has 27 heavy (non-hydrogen) atoms. The molecule has 2 aromatic rings. The van der Waals surface area contributed by atoms with E-state index in [0.717, 1.165) is 32.6 Å². The third-order valence-electron chi connectivity index (χ3n) is 5.62. The molecule has 148 valence electrons. The Bertz CT molecular complexity index is 720. The number of halogens is 2. The summed E-state index contributed by atoms with van der Waals surface area (Å²) in [5.74, 6) is 0.687. The molecular formula is C22H31Cl2N3. The summed E-state index contributed by atoms with van der Waals surface area (Å²) in [7, 11) is 0. The van der Waals surface area contributed by atoms with E-state index in [1.54, 1.807) is 0 Å². The van der Waals surface area contributed by atoms with Crippen LogP contribution in [0.25, 0.3) is 11.1 Å². The highest BCUT2D eigenvalue weighted by Gasteiger charge is 2.37. The highest BCUT2D eigenvalue weighted by Crippen LogP contribution is 2.41. The summed E-state index contributed by atoms with van der Waals surface area (Å²) in [4.78, 5) is 2.48. The van der Waals surface area contributed by atoms with Crippen LogP contribution < -0.4 is 11.1 Å². The molecule has 1 saturated heterocycles. The molecule has 0 bridgehead atoms. The van der Waals surface area contributed by atoms with E-state index in [4.69, 9.17) is 5.73 Å². The van der Waals surface area contributed by atoms with Crippen LogP contribution in [0.15, 0.2) is 48.5 Å². The monoisotopic (exact) mass is 407 g/mol. The molecule has 1 aliphatic heterocycles. The Morgan fingerprint density at radius 1 is 1.07 bits per heavy atom. The van der Waals surface area contributed by atoms with Crippen LogP contribution in [-0.4, -0.2) is 43.2 Å². The second kappa shape index (κ2) is 9.90. The summed E-state index contributed by atoms with van der Waals surface area (Å²) in [5, 5.41) is 3.72. The van der Waals surface area contributed by atoms with E-state index in [1.165, 1.54) is 28.7 Å². The van der Waals surface area contributed by atoms with Crippen molar-refractivity contribution >= 4 is 24.8 Å². The smallest absolute Gasteiger partial charge is 0.0180 e. The number of nitrogens with one attached hydrogen (secondary N) is 1. The minimum absolute atomic E-state index is 0. The second-order valence-electron chi connectivity index (χ2n) is 7.74. The molecule has 0 amide bonds. The van der Waals surface area contributed by atoms with Gasteiger partial charge in [0.25, 0.3) is 0 Å². The van der Waals surface area contributed by atoms with E-state index in [0.29, 0.717) is 18.0 Å². The van der Waals surface area contributed by atoms with Crippen molar-refractivity contribution < 1.29 is 0 Å². The van der Waals surface area contributed by atoms with Gasteiger partial charge in [-0.15, -0.1) is 24.8 Å². The van der Waals surface area contributed by atoms with Gasteiger partial charge < -0.3 is 16.0 Å². The van der Waals surface area contributed by atoms with E-state index in [2.05, 4.69) is 65.7 Å². The van der Waals surface area contributed by atoms with Crippen molar-refractivity contribution in [3.8, 4) is 11.1 Å². The Balaban J connectivity index is 0.00000131. The topological polar surface area (TPSA) is 41.3 Å². The molecule has 2 fully saturated rings. The first-order chi connectivity index (χ1) is 12.2. The summed E-state index contributed by atoms with van der Waals surface area (Å²) in [6, 6.07) is 18.9. The molecule has 2 aromatic carbocycles. The number of hydrogen-bond donors (Lipinski definition) is 2. The standard InChI is InChI=1S/C22H29N3.2ClH/c1-16-3-2-4-19(13-16)17-5-7-18(8-6-17)21-14-22(21)24-10-12-25-11-9-20(23)15-25;;/h2-8,13,20-22,24H,9-12,14-15,23H2,1H3;2*1H/t20-,21?,22+;;/m1../s1. The van der Waals surface area contributed by atoms with Gasteiger partial charge in [-0.05, 0) is 43.0 Å². The van der Waals surface area contributed by atoms with Gasteiger partial charge in [0.1, 0.15) is 0 Å². The van der Waals surface area contributed by atoms with E-state index < -0.39 is 0 Å². The van der Waals surface area contributed by atoms with Crippen molar-refractivity contribution in [2.45, 2.75) is 37.8 Å². The van der Waals surface area contributed by atoms with Crippen LogP contribution in [0.2, 0.25) is 0 Å². The Hall–Kier alpha value is -1.10. The third-order valence-corrected chi connectivity index (χ3v) is 5.62. The molecule has 3 N–H and O–H groups in total. The predicted octanol–water partition coefficient (Wildman–Crippen LogP) is 3.98. The first-order valence-corrected chi connectivity index (χ1v) is 9.57. The fourth-order valence-corrected chi connectivity index (χ4v) is 4.01. The number of benzene rings is 2. The number of likely N-dealkylation sites (tertiary alicyclic amines) is 1. The van der Waals surface area contributed by atoms with Gasteiger partial charge >= 0.3 is 0 Å². The van der Waals surface area contributed by atoms with E-state index in [1.807, 2.05) is 0 Å². The largest absolute Gasteiger partial charge is 0.326 e. The van der Waals surface area contributed by atoms with Crippen LogP contribution in [0.5, 0.6) is 0 Å². The lowest BCUT2D eigenvalue weighted by Crippen LogP contribution is -2.33. The summed E-state index contributed by atoms with van der Waals surface area (Å²) >= 11 is 0. The molecule has 1 aliphatic carbocycles. The van der Waals surface area contributed by atoms with Crippen molar-refractivity contribution in [1.82, 2.24) is 10.2 Å². The fourth-order valence-electron chi connectivity index (χ4n) is 4.01. The number of hydrogen-bond acceptors (Lipinski definition) is 3. The zero-order chi connectivity index (χ0) is 17.2. The summed E-state index contributed by atoms with van der Waals surface area (Å²) in [5.41, 5.74) is 11.4. The summed E-state index contributed by atoms with van der Waals surface area (Å²) < 4.78 is 0. The summed E-state index contributed by atoms with van der Waals surface area (Å²) in [6.45, 7) is 6.58. The minimum atomic E-state index is 0. The van der Waals surface area contributed by atoms with E-state index in [-0.39, 0.29) is 24.8 Å². The van der Waals surface area contributed by atoms with Crippen molar-refractivity contribution in [2.75, 3.05) is 26.2 Å². The predicted molar refractivity (Wildman–Crippen MR) is 119 cm³/mol. The van der Waals surface area contributed by atoms with E-state index >= 15 is 0 Å².